The molecule has 0 aromatic carbocycles. The highest BCUT2D eigenvalue weighted by Gasteiger charge is 2.39. The van der Waals surface area contributed by atoms with Crippen LogP contribution in [0.15, 0.2) is 0 Å². The fraction of sp³-hybridized carbons (Fsp3) is 0.818. The monoisotopic (exact) mass is 244 g/mol. The average Bonchev–Trinajstić information content (AvgIpc) is 2.62. The van der Waals surface area contributed by atoms with E-state index >= 15 is 0 Å². The van der Waals surface area contributed by atoms with E-state index in [0.717, 1.165) is 0 Å². The Morgan fingerprint density at radius 3 is 2.53 bits per heavy atom. The number of ketones is 1. The smallest absolute Gasteiger partial charge is 0.320 e. The summed E-state index contributed by atoms with van der Waals surface area (Å²) in [5, 5.41) is 21.0. The van der Waals surface area contributed by atoms with Crippen molar-refractivity contribution in [3.05, 3.63) is 0 Å². The van der Waals surface area contributed by atoms with Gasteiger partial charge in [0.05, 0.1) is 12.1 Å². The molecule has 3 unspecified atom stereocenters. The van der Waals surface area contributed by atoms with Gasteiger partial charge < -0.3 is 21.3 Å². The minimum Gasteiger partial charge on any atom is -0.480 e. The molecule has 6 heteroatoms. The Balaban J connectivity index is 2.63. The van der Waals surface area contributed by atoms with Crippen molar-refractivity contribution in [2.75, 3.05) is 6.54 Å². The molecule has 1 saturated heterocycles. The molecule has 1 aliphatic heterocycles. The Kier molecular flexibility index (Phi) is 4.24. The molecular weight excluding hydrogens is 224 g/mol. The van der Waals surface area contributed by atoms with Crippen LogP contribution in [0.3, 0.4) is 0 Å². The predicted molar refractivity (Wildman–Crippen MR) is 61.4 cm³/mol. The molecule has 6 nitrogen and oxygen atoms in total. The zero-order chi connectivity index (χ0) is 13.2. The van der Waals surface area contributed by atoms with Crippen LogP contribution < -0.4 is 11.1 Å². The van der Waals surface area contributed by atoms with Gasteiger partial charge in [-0.25, -0.2) is 0 Å². The Labute approximate surface area is 100 Å². The van der Waals surface area contributed by atoms with Gasteiger partial charge in [-0.1, -0.05) is 13.8 Å². The van der Waals surface area contributed by atoms with Crippen LogP contribution in [-0.4, -0.2) is 46.7 Å². The van der Waals surface area contributed by atoms with E-state index in [4.69, 9.17) is 10.8 Å². The number of aliphatic carboxylic acids is 1. The van der Waals surface area contributed by atoms with Crippen molar-refractivity contribution < 1.29 is 19.8 Å². The SMILES string of the molecule is CC(C)(CC(N)C(=O)O)C(=O)C1CC(O)CN1. The van der Waals surface area contributed by atoms with Gasteiger partial charge in [0.2, 0.25) is 0 Å². The molecule has 0 aromatic heterocycles. The van der Waals surface area contributed by atoms with Crippen LogP contribution in [0.4, 0.5) is 0 Å². The first-order chi connectivity index (χ1) is 7.74. The number of β-amino-alcohol motifs (C(OH)–C–C–N with tert-alkyl or cyclic N) is 1. The second-order valence-corrected chi connectivity index (χ2v) is 5.25. The number of aliphatic hydroxyl groups excluding tert-OH is 1. The molecule has 0 aliphatic carbocycles. The van der Waals surface area contributed by atoms with Gasteiger partial charge in [0.25, 0.3) is 0 Å². The number of nitrogens with one attached hydrogen (secondary N) is 1. The quantitative estimate of drug-likeness (QED) is 0.499. The third-order valence-corrected chi connectivity index (χ3v) is 3.14. The van der Waals surface area contributed by atoms with Gasteiger partial charge in [0, 0.05) is 12.0 Å². The minimum atomic E-state index is -1.11. The molecule has 5 N–H and O–H groups in total. The lowest BCUT2D eigenvalue weighted by Gasteiger charge is -2.27. The maximum absolute atomic E-state index is 12.1. The summed E-state index contributed by atoms with van der Waals surface area (Å²) in [5.74, 6) is -1.20. The fourth-order valence-corrected chi connectivity index (χ4v) is 2.13. The lowest BCUT2D eigenvalue weighted by atomic mass is 9.78. The van der Waals surface area contributed by atoms with Gasteiger partial charge >= 0.3 is 5.97 Å². The number of Topliss-reactive ketones (excluding diaryl/α,β-unsaturated/α-hetero) is 1. The number of aliphatic hydroxyl groups is 1. The van der Waals surface area contributed by atoms with Crippen molar-refractivity contribution in [2.24, 2.45) is 11.1 Å². The topological polar surface area (TPSA) is 113 Å². The van der Waals surface area contributed by atoms with Crippen LogP contribution in [0.1, 0.15) is 26.7 Å². The highest BCUT2D eigenvalue weighted by atomic mass is 16.4. The number of nitrogens with two attached hydrogens (primary N) is 1. The van der Waals surface area contributed by atoms with E-state index in [2.05, 4.69) is 5.32 Å². The molecule has 98 valence electrons. The normalized spacial score (nSPS) is 26.8. The van der Waals surface area contributed by atoms with E-state index in [9.17, 15) is 14.7 Å². The third-order valence-electron chi connectivity index (χ3n) is 3.14. The highest BCUT2D eigenvalue weighted by Crippen LogP contribution is 2.27. The lowest BCUT2D eigenvalue weighted by molar-refractivity contribution is -0.140. The summed E-state index contributed by atoms with van der Waals surface area (Å²) in [6, 6.07) is -1.44. The number of carboxylic acids is 1. The summed E-state index contributed by atoms with van der Waals surface area (Å²) >= 11 is 0. The molecule has 1 fully saturated rings. The standard InChI is InChI=1S/C11H20N2O4/c1-11(2,4-7(12)10(16)17)9(15)8-3-6(14)5-13-8/h6-8,13-14H,3-5,12H2,1-2H3,(H,16,17). The van der Waals surface area contributed by atoms with Crippen LogP contribution in [0.2, 0.25) is 0 Å². The van der Waals surface area contributed by atoms with E-state index in [0.29, 0.717) is 13.0 Å². The van der Waals surface area contributed by atoms with Gasteiger partial charge in [-0.3, -0.25) is 9.59 Å². The van der Waals surface area contributed by atoms with Crippen molar-refractivity contribution in [1.82, 2.24) is 5.32 Å². The molecule has 1 rings (SSSR count). The second-order valence-electron chi connectivity index (χ2n) is 5.25. The molecule has 0 aromatic rings. The number of hydrogen-bond acceptors (Lipinski definition) is 5. The van der Waals surface area contributed by atoms with Crippen molar-refractivity contribution in [3.63, 3.8) is 0 Å². The van der Waals surface area contributed by atoms with Crippen LogP contribution in [0.25, 0.3) is 0 Å². The summed E-state index contributed by atoms with van der Waals surface area (Å²) < 4.78 is 0. The summed E-state index contributed by atoms with van der Waals surface area (Å²) in [4.78, 5) is 22.8. The maximum atomic E-state index is 12.1. The Hall–Kier alpha value is -0.980. The van der Waals surface area contributed by atoms with Gasteiger partial charge in [-0.05, 0) is 12.8 Å². The number of carboxylic acid groups (broad SMARTS) is 1. The number of hydrogen-bond donors (Lipinski definition) is 4. The molecule has 0 spiro atoms. The highest BCUT2D eigenvalue weighted by molar-refractivity contribution is 5.90. The first-order valence-electron chi connectivity index (χ1n) is 5.68. The summed E-state index contributed by atoms with van der Waals surface area (Å²) in [5.41, 5.74) is 4.64. The molecule has 0 bridgehead atoms. The number of rotatable bonds is 5. The first-order valence-corrected chi connectivity index (χ1v) is 5.68. The van der Waals surface area contributed by atoms with Crippen molar-refractivity contribution in [3.8, 4) is 0 Å². The van der Waals surface area contributed by atoms with Crippen LogP contribution >= 0.6 is 0 Å². The van der Waals surface area contributed by atoms with Crippen LogP contribution in [0, 0.1) is 5.41 Å². The van der Waals surface area contributed by atoms with E-state index in [1.165, 1.54) is 0 Å². The summed E-state index contributed by atoms with van der Waals surface area (Å²) in [7, 11) is 0. The maximum Gasteiger partial charge on any atom is 0.320 e. The Morgan fingerprint density at radius 1 is 1.53 bits per heavy atom. The lowest BCUT2D eigenvalue weighted by Crippen LogP contribution is -2.44. The average molecular weight is 244 g/mol. The third kappa shape index (κ3) is 3.49. The Bertz CT molecular complexity index is 317. The molecular formula is C11H20N2O4. The Morgan fingerprint density at radius 2 is 2.12 bits per heavy atom. The molecule has 0 amide bonds. The van der Waals surface area contributed by atoms with Crippen molar-refractivity contribution in [2.45, 2.75) is 44.9 Å². The summed E-state index contributed by atoms with van der Waals surface area (Å²) in [6.45, 7) is 3.77. The molecule has 0 saturated carbocycles. The van der Waals surface area contributed by atoms with E-state index < -0.39 is 29.6 Å². The molecule has 17 heavy (non-hydrogen) atoms. The fourth-order valence-electron chi connectivity index (χ4n) is 2.13. The predicted octanol–water partition coefficient (Wildman–Crippen LogP) is -0.893. The largest absolute Gasteiger partial charge is 0.480 e. The molecule has 3 atom stereocenters. The number of carbonyl (C=O) groups excluding carboxylic acids is 1. The van der Waals surface area contributed by atoms with Crippen LogP contribution in [0.5, 0.6) is 0 Å². The minimum absolute atomic E-state index is 0.0919. The van der Waals surface area contributed by atoms with E-state index in [1.54, 1.807) is 13.8 Å². The molecule has 1 heterocycles. The van der Waals surface area contributed by atoms with Crippen molar-refractivity contribution in [1.29, 1.82) is 0 Å². The summed E-state index contributed by atoms with van der Waals surface area (Å²) in [6.07, 6.45) is -0.0343. The number of carbonyl (C=O) groups is 2. The zero-order valence-corrected chi connectivity index (χ0v) is 10.1. The van der Waals surface area contributed by atoms with Crippen LogP contribution in [-0.2, 0) is 9.59 Å². The van der Waals surface area contributed by atoms with Gasteiger partial charge in [0.15, 0.2) is 5.78 Å². The van der Waals surface area contributed by atoms with E-state index in [-0.39, 0.29) is 12.2 Å². The van der Waals surface area contributed by atoms with Crippen molar-refractivity contribution >= 4 is 11.8 Å². The zero-order valence-electron chi connectivity index (χ0n) is 10.1. The van der Waals surface area contributed by atoms with E-state index in [1.807, 2.05) is 0 Å². The molecule has 1 aliphatic rings. The first kappa shape index (κ1) is 14.1. The van der Waals surface area contributed by atoms with Gasteiger partial charge in [0.1, 0.15) is 6.04 Å². The van der Waals surface area contributed by atoms with Gasteiger partial charge in [-0.15, -0.1) is 0 Å². The second kappa shape index (κ2) is 5.12. The van der Waals surface area contributed by atoms with Gasteiger partial charge in [-0.2, -0.15) is 0 Å². The molecule has 0 radical (unpaired) electrons.